The number of benzene rings is 1. The molecule has 1 N–H and O–H groups in total. The third kappa shape index (κ3) is 3.09. The van der Waals surface area contributed by atoms with Crippen LogP contribution in [0.5, 0.6) is 0 Å². The summed E-state index contributed by atoms with van der Waals surface area (Å²) < 4.78 is 11.9. The molecule has 1 heterocycles. The van der Waals surface area contributed by atoms with Crippen molar-refractivity contribution in [1.82, 2.24) is 0 Å². The average Bonchev–Trinajstić information content (AvgIpc) is 2.69. The van der Waals surface area contributed by atoms with Gasteiger partial charge in [0.15, 0.2) is 6.29 Å². The highest BCUT2D eigenvalue weighted by Crippen LogP contribution is 2.44. The van der Waals surface area contributed by atoms with Crippen molar-refractivity contribution >= 4 is 11.4 Å². The number of hydrogen-bond donors (Lipinski definition) is 1. The van der Waals surface area contributed by atoms with Crippen LogP contribution in [0.3, 0.4) is 0 Å². The molecule has 0 saturated carbocycles. The predicted molar refractivity (Wildman–Crippen MR) is 81.8 cm³/mol. The molecular weight excluding hydrogens is 280 g/mol. The van der Waals surface area contributed by atoms with Gasteiger partial charge in [-0.15, -0.1) is 0 Å². The number of hydrazone groups is 1. The zero-order valence-electron chi connectivity index (χ0n) is 13.0. The summed E-state index contributed by atoms with van der Waals surface area (Å²) in [6.07, 6.45) is -0.420. The van der Waals surface area contributed by atoms with Gasteiger partial charge in [0.1, 0.15) is 12.1 Å². The fourth-order valence-corrected chi connectivity index (χ4v) is 1.89. The van der Waals surface area contributed by atoms with Crippen LogP contribution in [0.2, 0.25) is 0 Å². The van der Waals surface area contributed by atoms with Crippen LogP contribution in [-0.4, -0.2) is 16.9 Å². The molecule has 0 aromatic heterocycles. The molecule has 1 aliphatic heterocycles. The van der Waals surface area contributed by atoms with Gasteiger partial charge >= 0.3 is 0 Å². The highest BCUT2D eigenvalue weighted by Gasteiger charge is 2.49. The molecule has 0 bridgehead atoms. The second-order valence-electron chi connectivity index (χ2n) is 6.01. The van der Waals surface area contributed by atoms with Gasteiger partial charge in [0.2, 0.25) is 5.71 Å². The summed E-state index contributed by atoms with van der Waals surface area (Å²) in [5.74, 6) is 0. The van der Waals surface area contributed by atoms with Crippen LogP contribution in [0.25, 0.3) is 0 Å². The van der Waals surface area contributed by atoms with Crippen LogP contribution >= 0.6 is 0 Å². The summed E-state index contributed by atoms with van der Waals surface area (Å²) in [7, 11) is 0. The zero-order chi connectivity index (χ0) is 16.4. The Morgan fingerprint density at radius 3 is 2.00 bits per heavy atom. The lowest BCUT2D eigenvalue weighted by Crippen LogP contribution is -2.41. The van der Waals surface area contributed by atoms with Gasteiger partial charge in [-0.25, -0.2) is 0 Å². The molecule has 114 valence electrons. The van der Waals surface area contributed by atoms with E-state index in [1.165, 1.54) is 0 Å². The minimum Gasteiger partial charge on any atom is -0.339 e. The minimum atomic E-state index is -0.420. The lowest BCUT2D eigenvalue weighted by molar-refractivity contribution is -0.0895. The van der Waals surface area contributed by atoms with Gasteiger partial charge in [-0.05, 0) is 39.8 Å². The summed E-state index contributed by atoms with van der Waals surface area (Å²) in [6.45, 7) is 8.01. The standard InChI is InChI=1S/C16H18N4O2/c1-15(2)16(3,4)22-14(21-15)11-5-7-12(8-6-11)19-20-13(9-17)10-18/h5-8,14,19H,1-4H3. The van der Waals surface area contributed by atoms with Gasteiger partial charge in [-0.1, -0.05) is 12.1 Å². The van der Waals surface area contributed by atoms with Gasteiger partial charge in [0.25, 0.3) is 0 Å². The van der Waals surface area contributed by atoms with Gasteiger partial charge in [-0.2, -0.15) is 15.6 Å². The third-order valence-electron chi connectivity index (χ3n) is 3.94. The average molecular weight is 298 g/mol. The molecular formula is C16H18N4O2. The van der Waals surface area contributed by atoms with Crippen LogP contribution in [0, 0.1) is 22.7 Å². The van der Waals surface area contributed by atoms with E-state index in [-0.39, 0.29) is 16.9 Å². The smallest absolute Gasteiger partial charge is 0.237 e. The fourth-order valence-electron chi connectivity index (χ4n) is 1.89. The molecule has 1 aromatic carbocycles. The Labute approximate surface area is 130 Å². The van der Waals surface area contributed by atoms with Gasteiger partial charge in [0.05, 0.1) is 16.9 Å². The molecule has 0 aliphatic carbocycles. The quantitative estimate of drug-likeness (QED) is 0.684. The first-order valence-electron chi connectivity index (χ1n) is 6.88. The van der Waals surface area contributed by atoms with E-state index in [1.807, 2.05) is 39.8 Å². The lowest BCUT2D eigenvalue weighted by atomic mass is 9.90. The molecule has 1 aromatic rings. The summed E-state index contributed by atoms with van der Waals surface area (Å²) in [4.78, 5) is 0. The topological polar surface area (TPSA) is 90.4 Å². The van der Waals surface area contributed by atoms with E-state index >= 15 is 0 Å². The van der Waals surface area contributed by atoms with Crippen LogP contribution in [-0.2, 0) is 9.47 Å². The van der Waals surface area contributed by atoms with Gasteiger partial charge < -0.3 is 9.47 Å². The molecule has 0 atom stereocenters. The number of ether oxygens (including phenoxy) is 2. The number of nitriles is 2. The monoisotopic (exact) mass is 298 g/mol. The van der Waals surface area contributed by atoms with E-state index < -0.39 is 6.29 Å². The summed E-state index contributed by atoms with van der Waals surface area (Å²) in [6, 6.07) is 10.7. The molecule has 6 nitrogen and oxygen atoms in total. The molecule has 1 saturated heterocycles. The van der Waals surface area contributed by atoms with E-state index in [4.69, 9.17) is 20.0 Å². The Hall–Kier alpha value is -2.41. The molecule has 0 unspecified atom stereocenters. The number of nitrogens with zero attached hydrogens (tertiary/aromatic N) is 3. The van der Waals surface area contributed by atoms with E-state index in [2.05, 4.69) is 10.5 Å². The Kier molecular flexibility index (Phi) is 4.18. The highest BCUT2D eigenvalue weighted by atomic mass is 16.7. The Bertz CT molecular complexity index is 631. The van der Waals surface area contributed by atoms with Crippen molar-refractivity contribution in [2.24, 2.45) is 5.10 Å². The summed E-state index contributed by atoms with van der Waals surface area (Å²) in [5.41, 5.74) is 3.24. The summed E-state index contributed by atoms with van der Waals surface area (Å²) >= 11 is 0. The number of anilines is 1. The minimum absolute atomic E-state index is 0.227. The van der Waals surface area contributed by atoms with E-state index in [9.17, 15) is 0 Å². The molecule has 22 heavy (non-hydrogen) atoms. The maximum Gasteiger partial charge on any atom is 0.237 e. The van der Waals surface area contributed by atoms with Crippen molar-refractivity contribution in [2.45, 2.75) is 45.2 Å². The number of rotatable bonds is 3. The van der Waals surface area contributed by atoms with Crippen molar-refractivity contribution in [1.29, 1.82) is 10.5 Å². The lowest BCUT2D eigenvalue weighted by Gasteiger charge is -2.30. The Balaban J connectivity index is 2.10. The largest absolute Gasteiger partial charge is 0.339 e. The van der Waals surface area contributed by atoms with Crippen molar-refractivity contribution in [3.8, 4) is 12.1 Å². The SMILES string of the molecule is CC1(C)OC(c2ccc(NN=C(C#N)C#N)cc2)OC1(C)C. The normalized spacial score (nSPS) is 19.0. The predicted octanol–water partition coefficient (Wildman–Crippen LogP) is 3.10. The molecule has 0 amide bonds. The first-order valence-corrected chi connectivity index (χ1v) is 6.88. The number of nitrogens with one attached hydrogen (secondary N) is 1. The molecule has 1 aliphatic rings. The zero-order valence-corrected chi connectivity index (χ0v) is 13.0. The second kappa shape index (κ2) is 5.76. The van der Waals surface area contributed by atoms with Gasteiger partial charge in [0, 0.05) is 5.56 Å². The highest BCUT2D eigenvalue weighted by molar-refractivity contribution is 6.10. The molecule has 0 spiro atoms. The molecule has 2 rings (SSSR count). The van der Waals surface area contributed by atoms with Crippen LogP contribution in [0.15, 0.2) is 29.4 Å². The van der Waals surface area contributed by atoms with Crippen LogP contribution < -0.4 is 5.43 Å². The maximum absolute atomic E-state index is 8.61. The van der Waals surface area contributed by atoms with Crippen molar-refractivity contribution < 1.29 is 9.47 Å². The fraction of sp³-hybridized carbons (Fsp3) is 0.438. The van der Waals surface area contributed by atoms with E-state index in [0.717, 1.165) is 5.56 Å². The Morgan fingerprint density at radius 1 is 1.05 bits per heavy atom. The van der Waals surface area contributed by atoms with Crippen molar-refractivity contribution in [2.75, 3.05) is 5.43 Å². The third-order valence-corrected chi connectivity index (χ3v) is 3.94. The van der Waals surface area contributed by atoms with Crippen LogP contribution in [0.1, 0.15) is 39.5 Å². The second-order valence-corrected chi connectivity index (χ2v) is 6.01. The first-order chi connectivity index (χ1) is 10.3. The van der Waals surface area contributed by atoms with Crippen LogP contribution in [0.4, 0.5) is 5.69 Å². The van der Waals surface area contributed by atoms with Gasteiger partial charge in [-0.3, -0.25) is 5.43 Å². The van der Waals surface area contributed by atoms with Crippen molar-refractivity contribution in [3.63, 3.8) is 0 Å². The number of hydrogen-bond acceptors (Lipinski definition) is 6. The van der Waals surface area contributed by atoms with E-state index in [0.29, 0.717) is 5.69 Å². The molecule has 6 heteroatoms. The first kappa shape index (κ1) is 16.0. The maximum atomic E-state index is 8.61. The summed E-state index contributed by atoms with van der Waals surface area (Å²) in [5, 5.41) is 20.9. The Morgan fingerprint density at radius 2 is 1.55 bits per heavy atom. The van der Waals surface area contributed by atoms with E-state index in [1.54, 1.807) is 24.3 Å². The molecule has 0 radical (unpaired) electrons. The molecule has 1 fully saturated rings. The van der Waals surface area contributed by atoms with Crippen molar-refractivity contribution in [3.05, 3.63) is 29.8 Å².